The van der Waals surface area contributed by atoms with Crippen molar-refractivity contribution in [3.8, 4) is 0 Å². The van der Waals surface area contributed by atoms with Crippen LogP contribution in [0.1, 0.15) is 23.2 Å². The van der Waals surface area contributed by atoms with Crippen molar-refractivity contribution in [2.75, 3.05) is 5.32 Å². The summed E-state index contributed by atoms with van der Waals surface area (Å²) in [4.78, 5) is 10.6. The zero-order chi connectivity index (χ0) is 9.26. The Morgan fingerprint density at radius 3 is 3.00 bits per heavy atom. The van der Waals surface area contributed by atoms with Gasteiger partial charge < -0.3 is 10.4 Å². The van der Waals surface area contributed by atoms with Crippen molar-refractivity contribution < 1.29 is 9.90 Å². The number of hydrogen-bond acceptors (Lipinski definition) is 4. The molecular weight excluding hydrogens is 170 g/mol. The Balaban J connectivity index is 2.15. The van der Waals surface area contributed by atoms with Gasteiger partial charge in [0.05, 0.1) is 11.8 Å². The molecule has 2 N–H and O–H groups in total. The van der Waals surface area contributed by atoms with Crippen LogP contribution in [-0.2, 0) is 0 Å². The average Bonchev–Trinajstić information content (AvgIpc) is 2.89. The molecule has 0 amide bonds. The minimum Gasteiger partial charge on any atom is -0.478 e. The second-order valence-corrected chi connectivity index (χ2v) is 3.05. The second-order valence-electron chi connectivity index (χ2n) is 3.05. The van der Waals surface area contributed by atoms with E-state index in [2.05, 4.69) is 15.5 Å². The van der Waals surface area contributed by atoms with Crippen LogP contribution in [-0.4, -0.2) is 27.3 Å². The minimum absolute atomic E-state index is 0.165. The molecule has 0 spiro atoms. The molecule has 1 aliphatic carbocycles. The Bertz CT molecular complexity index is 336. The first kappa shape index (κ1) is 7.97. The molecule has 0 unspecified atom stereocenters. The highest BCUT2D eigenvalue weighted by Gasteiger charge is 2.21. The molecule has 0 atom stereocenters. The van der Waals surface area contributed by atoms with Crippen molar-refractivity contribution in [1.82, 2.24) is 10.2 Å². The lowest BCUT2D eigenvalue weighted by atomic mass is 10.3. The third-order valence-electron chi connectivity index (χ3n) is 1.83. The maximum atomic E-state index is 10.6. The van der Waals surface area contributed by atoms with Crippen molar-refractivity contribution in [2.24, 2.45) is 0 Å². The number of carboxylic acid groups (broad SMARTS) is 1. The lowest BCUT2D eigenvalue weighted by Gasteiger charge is -2.01. The number of nitrogens with one attached hydrogen (secondary N) is 1. The van der Waals surface area contributed by atoms with Gasteiger partial charge in [-0.25, -0.2) is 4.79 Å². The SMILES string of the molecule is O=C(O)c1cnnc(NC2CC2)c1. The molecule has 5 nitrogen and oxygen atoms in total. The van der Waals surface area contributed by atoms with Crippen molar-refractivity contribution >= 4 is 11.8 Å². The van der Waals surface area contributed by atoms with Gasteiger partial charge in [0.1, 0.15) is 5.82 Å². The first-order chi connectivity index (χ1) is 6.25. The van der Waals surface area contributed by atoms with Crippen LogP contribution >= 0.6 is 0 Å². The molecule has 1 heterocycles. The summed E-state index contributed by atoms with van der Waals surface area (Å²) < 4.78 is 0. The number of aromatic nitrogens is 2. The summed E-state index contributed by atoms with van der Waals surface area (Å²) in [5.41, 5.74) is 0.165. The lowest BCUT2D eigenvalue weighted by Crippen LogP contribution is -2.06. The van der Waals surface area contributed by atoms with Gasteiger partial charge in [0.15, 0.2) is 0 Å². The van der Waals surface area contributed by atoms with Crippen LogP contribution in [0.25, 0.3) is 0 Å². The molecule has 1 fully saturated rings. The quantitative estimate of drug-likeness (QED) is 0.716. The lowest BCUT2D eigenvalue weighted by molar-refractivity contribution is 0.0696. The van der Waals surface area contributed by atoms with Gasteiger partial charge in [-0.2, -0.15) is 5.10 Å². The molecular formula is C8H9N3O2. The van der Waals surface area contributed by atoms with Crippen molar-refractivity contribution in [2.45, 2.75) is 18.9 Å². The Morgan fingerprint density at radius 1 is 1.62 bits per heavy atom. The number of anilines is 1. The van der Waals surface area contributed by atoms with E-state index in [9.17, 15) is 4.79 Å². The summed E-state index contributed by atoms with van der Waals surface area (Å²) in [6, 6.07) is 1.95. The van der Waals surface area contributed by atoms with E-state index in [4.69, 9.17) is 5.11 Å². The van der Waals surface area contributed by atoms with Crippen LogP contribution in [0.5, 0.6) is 0 Å². The fraction of sp³-hybridized carbons (Fsp3) is 0.375. The highest BCUT2D eigenvalue weighted by molar-refractivity contribution is 5.87. The number of nitrogens with zero attached hydrogens (tertiary/aromatic N) is 2. The van der Waals surface area contributed by atoms with Crippen LogP contribution in [0.3, 0.4) is 0 Å². The normalized spacial score (nSPS) is 15.4. The summed E-state index contributed by atoms with van der Waals surface area (Å²) in [6.07, 6.45) is 3.48. The van der Waals surface area contributed by atoms with Gasteiger partial charge in [-0.05, 0) is 18.9 Å². The van der Waals surface area contributed by atoms with Gasteiger partial charge in [-0.15, -0.1) is 5.10 Å². The second kappa shape index (κ2) is 3.01. The third kappa shape index (κ3) is 1.93. The zero-order valence-corrected chi connectivity index (χ0v) is 6.90. The van der Waals surface area contributed by atoms with E-state index in [1.807, 2.05) is 0 Å². The molecule has 0 bridgehead atoms. The number of aromatic carboxylic acids is 1. The molecule has 1 aromatic rings. The average molecular weight is 179 g/mol. The molecule has 13 heavy (non-hydrogen) atoms. The van der Waals surface area contributed by atoms with Crippen molar-refractivity contribution in [1.29, 1.82) is 0 Å². The largest absolute Gasteiger partial charge is 0.478 e. The van der Waals surface area contributed by atoms with Gasteiger partial charge in [0.2, 0.25) is 0 Å². The maximum Gasteiger partial charge on any atom is 0.337 e. The van der Waals surface area contributed by atoms with Crippen LogP contribution in [0, 0.1) is 0 Å². The van der Waals surface area contributed by atoms with E-state index in [-0.39, 0.29) is 5.56 Å². The van der Waals surface area contributed by atoms with E-state index in [0.29, 0.717) is 11.9 Å². The number of hydrogen-bond donors (Lipinski definition) is 2. The molecule has 68 valence electrons. The summed E-state index contributed by atoms with van der Waals surface area (Å²) in [6.45, 7) is 0. The van der Waals surface area contributed by atoms with Gasteiger partial charge in [-0.3, -0.25) is 0 Å². The Labute approximate surface area is 74.8 Å². The van der Waals surface area contributed by atoms with Gasteiger partial charge in [0, 0.05) is 6.04 Å². The highest BCUT2D eigenvalue weighted by atomic mass is 16.4. The first-order valence-electron chi connectivity index (χ1n) is 4.08. The standard InChI is InChI=1S/C8H9N3O2/c12-8(13)5-3-7(11-9-4-5)10-6-1-2-6/h3-4,6H,1-2H2,(H,10,11)(H,12,13). The Kier molecular flexibility index (Phi) is 1.84. The molecule has 0 saturated heterocycles. The van der Waals surface area contributed by atoms with Crippen LogP contribution in [0.15, 0.2) is 12.3 Å². The van der Waals surface area contributed by atoms with Gasteiger partial charge in [-0.1, -0.05) is 0 Å². The van der Waals surface area contributed by atoms with Crippen molar-refractivity contribution in [3.05, 3.63) is 17.8 Å². The molecule has 1 saturated carbocycles. The summed E-state index contributed by atoms with van der Waals surface area (Å²) in [7, 11) is 0. The minimum atomic E-state index is -0.978. The third-order valence-corrected chi connectivity index (χ3v) is 1.83. The first-order valence-corrected chi connectivity index (χ1v) is 4.08. The summed E-state index contributed by atoms with van der Waals surface area (Å²) in [5, 5.41) is 19.1. The summed E-state index contributed by atoms with van der Waals surface area (Å²) >= 11 is 0. The van der Waals surface area contributed by atoms with E-state index >= 15 is 0 Å². The van der Waals surface area contributed by atoms with Gasteiger partial charge >= 0.3 is 5.97 Å². The Hall–Kier alpha value is -1.65. The van der Waals surface area contributed by atoms with Crippen LogP contribution in [0.2, 0.25) is 0 Å². The fourth-order valence-corrected chi connectivity index (χ4v) is 0.991. The van der Waals surface area contributed by atoms with E-state index in [1.54, 1.807) is 0 Å². The molecule has 0 aliphatic heterocycles. The predicted molar refractivity (Wildman–Crippen MR) is 45.6 cm³/mol. The number of carboxylic acids is 1. The smallest absolute Gasteiger partial charge is 0.337 e. The number of carbonyl (C=O) groups is 1. The molecule has 1 aromatic heterocycles. The monoisotopic (exact) mass is 179 g/mol. The van der Waals surface area contributed by atoms with Crippen LogP contribution in [0.4, 0.5) is 5.82 Å². The summed E-state index contributed by atoms with van der Waals surface area (Å²) in [5.74, 6) is -0.434. The highest BCUT2D eigenvalue weighted by Crippen LogP contribution is 2.23. The predicted octanol–water partition coefficient (Wildman–Crippen LogP) is 0.749. The fourth-order valence-electron chi connectivity index (χ4n) is 0.991. The molecule has 1 aliphatic rings. The van der Waals surface area contributed by atoms with E-state index < -0.39 is 5.97 Å². The van der Waals surface area contributed by atoms with Gasteiger partial charge in [0.25, 0.3) is 0 Å². The van der Waals surface area contributed by atoms with Crippen molar-refractivity contribution in [3.63, 3.8) is 0 Å². The molecule has 2 rings (SSSR count). The Morgan fingerprint density at radius 2 is 2.38 bits per heavy atom. The molecule has 0 radical (unpaired) electrons. The van der Waals surface area contributed by atoms with E-state index in [1.165, 1.54) is 12.3 Å². The zero-order valence-electron chi connectivity index (χ0n) is 6.90. The maximum absolute atomic E-state index is 10.6. The van der Waals surface area contributed by atoms with Crippen LogP contribution < -0.4 is 5.32 Å². The van der Waals surface area contributed by atoms with E-state index in [0.717, 1.165) is 12.8 Å². The molecule has 0 aromatic carbocycles. The molecule has 5 heteroatoms. The number of rotatable bonds is 3. The topological polar surface area (TPSA) is 75.1 Å².